The van der Waals surface area contributed by atoms with Gasteiger partial charge in [0.25, 0.3) is 0 Å². The third-order valence-electron chi connectivity index (χ3n) is 2.69. The zero-order chi connectivity index (χ0) is 14.8. The van der Waals surface area contributed by atoms with Crippen molar-refractivity contribution in [1.82, 2.24) is 4.98 Å². The molecule has 0 amide bonds. The fraction of sp³-hybridized carbons (Fsp3) is 0.312. The van der Waals surface area contributed by atoms with Crippen LogP contribution in [-0.2, 0) is 11.3 Å². The van der Waals surface area contributed by atoms with E-state index >= 15 is 0 Å². The van der Waals surface area contributed by atoms with Crippen molar-refractivity contribution in [2.24, 2.45) is 0 Å². The van der Waals surface area contributed by atoms with Gasteiger partial charge in [-0.05, 0) is 24.3 Å². The number of para-hydroxylation sites is 1. The molecular formula is C16H19NO3S. The zero-order valence-electron chi connectivity index (χ0n) is 11.8. The summed E-state index contributed by atoms with van der Waals surface area (Å²) < 4.78 is 11.1. The predicted molar refractivity (Wildman–Crippen MR) is 83.6 cm³/mol. The average Bonchev–Trinajstić information content (AvgIpc) is 2.55. The molecule has 0 saturated heterocycles. The molecule has 2 rings (SSSR count). The Labute approximate surface area is 129 Å². The normalized spacial score (nSPS) is 10.5. The van der Waals surface area contributed by atoms with Crippen LogP contribution in [0.15, 0.2) is 53.6 Å². The number of aliphatic hydroxyl groups is 1. The Balaban J connectivity index is 1.54. The lowest BCUT2D eigenvalue weighted by molar-refractivity contribution is 0.112. The van der Waals surface area contributed by atoms with E-state index in [9.17, 15) is 0 Å². The van der Waals surface area contributed by atoms with Crippen LogP contribution in [0.3, 0.4) is 0 Å². The van der Waals surface area contributed by atoms with Crippen LogP contribution in [0.4, 0.5) is 0 Å². The number of aliphatic hydroxyl groups excluding tert-OH is 1. The lowest BCUT2D eigenvalue weighted by atomic mass is 10.3. The highest BCUT2D eigenvalue weighted by molar-refractivity contribution is 7.99. The molecule has 0 aliphatic heterocycles. The van der Waals surface area contributed by atoms with Crippen LogP contribution in [-0.4, -0.2) is 35.7 Å². The monoisotopic (exact) mass is 305 g/mol. The molecule has 0 bridgehead atoms. The number of hydrogen-bond acceptors (Lipinski definition) is 5. The van der Waals surface area contributed by atoms with Gasteiger partial charge in [0, 0.05) is 16.8 Å². The number of benzene rings is 1. The van der Waals surface area contributed by atoms with Crippen LogP contribution in [0.5, 0.6) is 5.75 Å². The molecule has 0 saturated carbocycles. The molecule has 1 N–H and O–H groups in total. The van der Waals surface area contributed by atoms with Crippen LogP contribution >= 0.6 is 11.8 Å². The first-order valence-corrected chi connectivity index (χ1v) is 7.81. The van der Waals surface area contributed by atoms with Crippen molar-refractivity contribution in [3.8, 4) is 5.75 Å². The highest BCUT2D eigenvalue weighted by atomic mass is 32.2. The molecule has 1 aromatic carbocycles. The van der Waals surface area contributed by atoms with Gasteiger partial charge in [0.15, 0.2) is 0 Å². The smallest absolute Gasteiger partial charge is 0.119 e. The van der Waals surface area contributed by atoms with E-state index in [0.717, 1.165) is 16.4 Å². The molecule has 1 aromatic heterocycles. The molecule has 5 heteroatoms. The molecular weight excluding hydrogens is 286 g/mol. The SMILES string of the molecule is OCc1cc(SCCOCCOc2ccccc2)ccn1. The molecule has 0 atom stereocenters. The fourth-order valence-electron chi connectivity index (χ4n) is 1.69. The van der Waals surface area contributed by atoms with Gasteiger partial charge in [0.2, 0.25) is 0 Å². The number of aromatic nitrogens is 1. The van der Waals surface area contributed by atoms with Gasteiger partial charge in [-0.1, -0.05) is 18.2 Å². The Morgan fingerprint density at radius 1 is 1.05 bits per heavy atom. The van der Waals surface area contributed by atoms with Crippen molar-refractivity contribution in [2.45, 2.75) is 11.5 Å². The van der Waals surface area contributed by atoms with E-state index in [1.165, 1.54) is 0 Å². The summed E-state index contributed by atoms with van der Waals surface area (Å²) in [5.74, 6) is 1.73. The molecule has 4 nitrogen and oxygen atoms in total. The first-order valence-electron chi connectivity index (χ1n) is 6.82. The average molecular weight is 305 g/mol. The Morgan fingerprint density at radius 2 is 1.90 bits per heavy atom. The van der Waals surface area contributed by atoms with Gasteiger partial charge in [0.05, 0.1) is 25.5 Å². The topological polar surface area (TPSA) is 51.6 Å². The summed E-state index contributed by atoms with van der Waals surface area (Å²) in [4.78, 5) is 5.14. The van der Waals surface area contributed by atoms with Crippen molar-refractivity contribution in [3.05, 3.63) is 54.4 Å². The molecule has 112 valence electrons. The summed E-state index contributed by atoms with van der Waals surface area (Å²) in [5, 5.41) is 9.01. The zero-order valence-corrected chi connectivity index (χ0v) is 12.6. The van der Waals surface area contributed by atoms with Crippen molar-refractivity contribution < 1.29 is 14.6 Å². The summed E-state index contributed by atoms with van der Waals surface area (Å²) in [6.45, 7) is 1.77. The highest BCUT2D eigenvalue weighted by Gasteiger charge is 1.98. The molecule has 2 aromatic rings. The number of pyridine rings is 1. The summed E-state index contributed by atoms with van der Waals surface area (Å²) in [6.07, 6.45) is 1.71. The Bertz CT molecular complexity index is 522. The first-order chi connectivity index (χ1) is 10.4. The summed E-state index contributed by atoms with van der Waals surface area (Å²) in [7, 11) is 0. The van der Waals surface area contributed by atoms with E-state index in [4.69, 9.17) is 14.6 Å². The molecule has 1 heterocycles. The number of nitrogens with zero attached hydrogens (tertiary/aromatic N) is 1. The van der Waals surface area contributed by atoms with Gasteiger partial charge >= 0.3 is 0 Å². The van der Waals surface area contributed by atoms with Crippen molar-refractivity contribution in [1.29, 1.82) is 0 Å². The van der Waals surface area contributed by atoms with Gasteiger partial charge in [-0.3, -0.25) is 4.98 Å². The minimum absolute atomic E-state index is 0.0261. The van der Waals surface area contributed by atoms with Crippen LogP contribution < -0.4 is 4.74 Å². The second-order valence-corrected chi connectivity index (χ2v) is 5.43. The van der Waals surface area contributed by atoms with E-state index < -0.39 is 0 Å². The maximum Gasteiger partial charge on any atom is 0.119 e. The minimum Gasteiger partial charge on any atom is -0.491 e. The standard InChI is InChI=1S/C16H19NO3S/c18-13-14-12-16(6-7-17-14)21-11-10-19-8-9-20-15-4-2-1-3-5-15/h1-7,12,18H,8-11,13H2. The van der Waals surface area contributed by atoms with Gasteiger partial charge in [0.1, 0.15) is 12.4 Å². The van der Waals surface area contributed by atoms with Crippen molar-refractivity contribution in [2.75, 3.05) is 25.6 Å². The lowest BCUT2D eigenvalue weighted by Gasteiger charge is -2.07. The van der Waals surface area contributed by atoms with E-state index in [2.05, 4.69) is 4.98 Å². The Kier molecular flexibility index (Phi) is 7.07. The van der Waals surface area contributed by atoms with Crippen LogP contribution in [0.1, 0.15) is 5.69 Å². The van der Waals surface area contributed by atoms with Gasteiger partial charge in [-0.15, -0.1) is 11.8 Å². The molecule has 0 spiro atoms. The van der Waals surface area contributed by atoms with Crippen molar-refractivity contribution >= 4 is 11.8 Å². The molecule has 0 fully saturated rings. The molecule has 21 heavy (non-hydrogen) atoms. The molecule has 0 aliphatic carbocycles. The van der Waals surface area contributed by atoms with Crippen LogP contribution in [0.25, 0.3) is 0 Å². The molecule has 0 unspecified atom stereocenters. The van der Waals surface area contributed by atoms with Crippen LogP contribution in [0.2, 0.25) is 0 Å². The van der Waals surface area contributed by atoms with Gasteiger partial charge in [-0.2, -0.15) is 0 Å². The minimum atomic E-state index is -0.0261. The Hall–Kier alpha value is -1.56. The number of rotatable bonds is 9. The number of thioether (sulfide) groups is 1. The van der Waals surface area contributed by atoms with E-state index in [1.807, 2.05) is 42.5 Å². The predicted octanol–water partition coefficient (Wildman–Crippen LogP) is 2.76. The second-order valence-electron chi connectivity index (χ2n) is 4.26. The quantitative estimate of drug-likeness (QED) is 0.570. The van der Waals surface area contributed by atoms with Gasteiger partial charge < -0.3 is 14.6 Å². The van der Waals surface area contributed by atoms with Crippen molar-refractivity contribution in [3.63, 3.8) is 0 Å². The summed E-state index contributed by atoms with van der Waals surface area (Å²) in [6, 6.07) is 13.5. The maximum absolute atomic E-state index is 9.01. The summed E-state index contributed by atoms with van der Waals surface area (Å²) >= 11 is 1.69. The largest absolute Gasteiger partial charge is 0.491 e. The summed E-state index contributed by atoms with van der Waals surface area (Å²) in [5.41, 5.74) is 0.692. The second kappa shape index (κ2) is 9.39. The number of hydrogen-bond donors (Lipinski definition) is 1. The molecule has 0 aliphatic rings. The number of ether oxygens (including phenoxy) is 2. The van der Waals surface area contributed by atoms with Crippen LogP contribution in [0, 0.1) is 0 Å². The van der Waals surface area contributed by atoms with E-state index in [-0.39, 0.29) is 6.61 Å². The molecule has 0 radical (unpaired) electrons. The third-order valence-corrected chi connectivity index (χ3v) is 3.64. The van der Waals surface area contributed by atoms with E-state index in [1.54, 1.807) is 18.0 Å². The van der Waals surface area contributed by atoms with Gasteiger partial charge in [-0.25, -0.2) is 0 Å². The third kappa shape index (κ3) is 6.16. The highest BCUT2D eigenvalue weighted by Crippen LogP contribution is 2.17. The lowest BCUT2D eigenvalue weighted by Crippen LogP contribution is -2.08. The fourth-order valence-corrected chi connectivity index (χ4v) is 2.50. The Morgan fingerprint density at radius 3 is 2.71 bits per heavy atom. The maximum atomic E-state index is 9.01. The first kappa shape index (κ1) is 15.8. The van der Waals surface area contributed by atoms with E-state index in [0.29, 0.717) is 25.5 Å².